The van der Waals surface area contributed by atoms with Gasteiger partial charge in [0.05, 0.1) is 10.7 Å². The van der Waals surface area contributed by atoms with Crippen molar-refractivity contribution >= 4 is 23.3 Å². The van der Waals surface area contributed by atoms with E-state index in [1.54, 1.807) is 24.3 Å². The first-order chi connectivity index (χ1) is 5.70. The van der Waals surface area contributed by atoms with Crippen molar-refractivity contribution in [3.63, 3.8) is 0 Å². The Balaban J connectivity index is 0.00000144. The number of benzene rings is 1. The Bertz CT molecular complexity index is 291. The summed E-state index contributed by atoms with van der Waals surface area (Å²) in [5.74, 6) is -0.907. The molecule has 0 unspecified atom stereocenters. The molecule has 5 heteroatoms. The Morgan fingerprint density at radius 2 is 2.08 bits per heavy atom. The quantitative estimate of drug-likeness (QED) is 0.700. The molecule has 5 N–H and O–H groups in total. The fourth-order valence-electron chi connectivity index (χ4n) is 0.775. The van der Waals surface area contributed by atoms with Gasteiger partial charge in [0, 0.05) is 0 Å². The van der Waals surface area contributed by atoms with Crippen LogP contribution >= 0.6 is 11.6 Å². The van der Waals surface area contributed by atoms with E-state index in [0.29, 0.717) is 10.7 Å². The molecule has 0 aliphatic rings. The zero-order chi connectivity index (χ0) is 8.97. The van der Waals surface area contributed by atoms with Gasteiger partial charge in [-0.05, 0) is 12.1 Å². The van der Waals surface area contributed by atoms with Gasteiger partial charge >= 0.3 is 5.97 Å². The van der Waals surface area contributed by atoms with Gasteiger partial charge in [-0.25, -0.2) is 0 Å². The van der Waals surface area contributed by atoms with Crippen molar-refractivity contribution in [2.24, 2.45) is 0 Å². The second kappa shape index (κ2) is 5.40. The molecule has 1 aromatic rings. The minimum absolute atomic E-state index is 0. The Labute approximate surface area is 81.1 Å². The number of hydrogen-bond acceptors (Lipinski definition) is 3. The highest BCUT2D eigenvalue weighted by Crippen LogP contribution is 2.19. The van der Waals surface area contributed by atoms with Crippen molar-refractivity contribution in [3.8, 4) is 0 Å². The first-order valence-electron chi connectivity index (χ1n) is 3.40. The van der Waals surface area contributed by atoms with Crippen molar-refractivity contribution in [3.05, 3.63) is 29.3 Å². The molecule has 0 radical (unpaired) electrons. The van der Waals surface area contributed by atoms with Gasteiger partial charge in [-0.2, -0.15) is 0 Å². The summed E-state index contributed by atoms with van der Waals surface area (Å²) in [6.07, 6.45) is 0. The predicted molar refractivity (Wildman–Crippen MR) is 52.6 cm³/mol. The summed E-state index contributed by atoms with van der Waals surface area (Å²) in [7, 11) is 0. The van der Waals surface area contributed by atoms with Crippen LogP contribution in [-0.2, 0) is 4.79 Å². The van der Waals surface area contributed by atoms with Crippen molar-refractivity contribution in [2.75, 3.05) is 11.9 Å². The van der Waals surface area contributed by atoms with E-state index in [9.17, 15) is 4.79 Å². The summed E-state index contributed by atoms with van der Waals surface area (Å²) >= 11 is 5.75. The van der Waals surface area contributed by atoms with Crippen LogP contribution in [0.25, 0.3) is 0 Å². The van der Waals surface area contributed by atoms with Gasteiger partial charge in [0.15, 0.2) is 0 Å². The molecule has 0 heterocycles. The Kier molecular flexibility index (Phi) is 4.87. The lowest BCUT2D eigenvalue weighted by Gasteiger charge is -2.03. The monoisotopic (exact) mass is 202 g/mol. The smallest absolute Gasteiger partial charge is 0.322 e. The lowest BCUT2D eigenvalue weighted by Crippen LogP contribution is -2.12. The molecule has 72 valence electrons. The van der Waals surface area contributed by atoms with Gasteiger partial charge in [-0.15, -0.1) is 0 Å². The van der Waals surface area contributed by atoms with E-state index in [2.05, 4.69) is 5.32 Å². The summed E-state index contributed by atoms with van der Waals surface area (Å²) in [6.45, 7) is -0.121. The largest absolute Gasteiger partial charge is 0.480 e. The fraction of sp³-hybridized carbons (Fsp3) is 0.125. The molecule has 0 amide bonds. The molecular weight excluding hydrogens is 192 g/mol. The molecule has 0 saturated heterocycles. The molecule has 0 bridgehead atoms. The van der Waals surface area contributed by atoms with Crippen molar-refractivity contribution in [1.29, 1.82) is 0 Å². The molecule has 13 heavy (non-hydrogen) atoms. The number of rotatable bonds is 3. The number of anilines is 1. The number of halogens is 1. The fourth-order valence-corrected chi connectivity index (χ4v) is 0.978. The third kappa shape index (κ3) is 3.78. The van der Waals surface area contributed by atoms with Crippen LogP contribution in [0.1, 0.15) is 0 Å². The summed E-state index contributed by atoms with van der Waals surface area (Å²) in [6, 6.07) is 7.00. The molecule has 0 aliphatic heterocycles. The van der Waals surface area contributed by atoms with Crippen LogP contribution in [0.2, 0.25) is 5.02 Å². The Hall–Kier alpha value is -1.26. The molecule has 0 spiro atoms. The van der Waals surface area contributed by atoms with Crippen LogP contribution in [0.3, 0.4) is 0 Å². The van der Waals surface area contributed by atoms with E-state index in [-0.39, 0.29) is 12.7 Å². The normalized spacial score (nSPS) is 8.69. The first-order valence-corrected chi connectivity index (χ1v) is 3.78. The number of carbonyl (C=O) groups is 1. The third-order valence-electron chi connectivity index (χ3n) is 1.30. The first kappa shape index (κ1) is 11.7. The predicted octanol–water partition coefficient (Wildman–Crippen LogP) is 2.00. The summed E-state index contributed by atoms with van der Waals surface area (Å²) < 4.78 is 0. The number of hydrogen-bond donors (Lipinski definition) is 3. The lowest BCUT2D eigenvalue weighted by molar-refractivity contribution is -0.134. The van der Waals surface area contributed by atoms with Gasteiger partial charge in [-0.3, -0.25) is 4.79 Å². The molecule has 0 fully saturated rings. The van der Waals surface area contributed by atoms with Gasteiger partial charge in [0.25, 0.3) is 0 Å². The van der Waals surface area contributed by atoms with E-state index in [1.807, 2.05) is 0 Å². The van der Waals surface area contributed by atoms with Gasteiger partial charge in [0.2, 0.25) is 0 Å². The minimum atomic E-state index is -0.907. The number of para-hydroxylation sites is 1. The molecule has 0 aromatic heterocycles. The molecule has 1 rings (SSSR count). The van der Waals surface area contributed by atoms with Gasteiger partial charge in [0.1, 0.15) is 6.54 Å². The zero-order valence-corrected chi connectivity index (χ0v) is 7.71. The molecule has 0 aliphatic carbocycles. The molecule has 1 aromatic carbocycles. The SMILES string of the molecule is N.O=C(O)CNc1ccccc1Cl. The minimum Gasteiger partial charge on any atom is -0.480 e. The maximum atomic E-state index is 10.2. The standard InChI is InChI=1S/C8H8ClNO2.H3N/c9-6-3-1-2-4-7(6)10-5-8(11)12;/h1-4,10H,5H2,(H,11,12);1H3. The number of aliphatic carboxylic acids is 1. The van der Waals surface area contributed by atoms with Crippen LogP contribution in [0, 0.1) is 0 Å². The third-order valence-corrected chi connectivity index (χ3v) is 1.63. The van der Waals surface area contributed by atoms with Crippen LogP contribution in [0.4, 0.5) is 5.69 Å². The number of carboxylic acid groups (broad SMARTS) is 1. The highest BCUT2D eigenvalue weighted by molar-refractivity contribution is 6.33. The molecular formula is C8H11ClN2O2. The van der Waals surface area contributed by atoms with Crippen molar-refractivity contribution < 1.29 is 9.90 Å². The van der Waals surface area contributed by atoms with Gasteiger partial charge < -0.3 is 16.6 Å². The maximum Gasteiger partial charge on any atom is 0.322 e. The van der Waals surface area contributed by atoms with E-state index in [0.717, 1.165) is 0 Å². The van der Waals surface area contributed by atoms with Gasteiger partial charge in [-0.1, -0.05) is 23.7 Å². The Morgan fingerprint density at radius 1 is 1.46 bits per heavy atom. The molecule has 0 saturated carbocycles. The van der Waals surface area contributed by atoms with E-state index in [4.69, 9.17) is 16.7 Å². The van der Waals surface area contributed by atoms with Crippen molar-refractivity contribution in [2.45, 2.75) is 0 Å². The van der Waals surface area contributed by atoms with E-state index in [1.165, 1.54) is 0 Å². The average Bonchev–Trinajstić information content (AvgIpc) is 2.03. The highest BCUT2D eigenvalue weighted by atomic mass is 35.5. The van der Waals surface area contributed by atoms with Crippen LogP contribution in [0.5, 0.6) is 0 Å². The topological polar surface area (TPSA) is 84.3 Å². The Morgan fingerprint density at radius 3 is 2.62 bits per heavy atom. The summed E-state index contributed by atoms with van der Waals surface area (Å²) in [5, 5.41) is 11.6. The van der Waals surface area contributed by atoms with Crippen LogP contribution < -0.4 is 11.5 Å². The lowest BCUT2D eigenvalue weighted by atomic mass is 10.3. The second-order valence-electron chi connectivity index (χ2n) is 2.23. The maximum absolute atomic E-state index is 10.2. The zero-order valence-electron chi connectivity index (χ0n) is 6.96. The summed E-state index contributed by atoms with van der Waals surface area (Å²) in [4.78, 5) is 10.2. The average molecular weight is 203 g/mol. The highest BCUT2D eigenvalue weighted by Gasteiger charge is 1.99. The van der Waals surface area contributed by atoms with Crippen LogP contribution in [0.15, 0.2) is 24.3 Å². The number of nitrogens with one attached hydrogen (secondary N) is 1. The number of carboxylic acids is 1. The van der Waals surface area contributed by atoms with Crippen molar-refractivity contribution in [1.82, 2.24) is 6.15 Å². The molecule has 4 nitrogen and oxygen atoms in total. The van der Waals surface area contributed by atoms with Crippen LogP contribution in [-0.4, -0.2) is 17.6 Å². The van der Waals surface area contributed by atoms with E-state index >= 15 is 0 Å². The second-order valence-corrected chi connectivity index (χ2v) is 2.63. The van der Waals surface area contributed by atoms with E-state index < -0.39 is 5.97 Å². The summed E-state index contributed by atoms with van der Waals surface area (Å²) in [5.41, 5.74) is 0.640. The molecule has 0 atom stereocenters.